The number of rotatable bonds is 5. The van der Waals surface area contributed by atoms with Gasteiger partial charge in [-0.2, -0.15) is 0 Å². The average molecular weight is 339 g/mol. The molecule has 0 bridgehead atoms. The number of hydrogen-bond acceptors (Lipinski definition) is 5. The van der Waals surface area contributed by atoms with Crippen LogP contribution < -0.4 is 4.74 Å². The summed E-state index contributed by atoms with van der Waals surface area (Å²) < 4.78 is 10.6. The average Bonchev–Trinajstić information content (AvgIpc) is 2.65. The van der Waals surface area contributed by atoms with Crippen LogP contribution in [0.1, 0.15) is 17.3 Å². The Hall–Kier alpha value is -3.15. The number of benzene rings is 2. The zero-order valence-corrected chi connectivity index (χ0v) is 13.6. The molecule has 0 aliphatic carbocycles. The quantitative estimate of drug-likeness (QED) is 0.474. The van der Waals surface area contributed by atoms with Crippen molar-refractivity contribution in [3.8, 4) is 5.75 Å². The molecular formula is C19H17NO5. The normalized spacial score (nSPS) is 19.1. The topological polar surface area (TPSA) is 72.9 Å². The molecule has 2 aromatic rings. The number of carbonyl (C=O) groups is 3. The molecule has 0 aromatic heterocycles. The summed E-state index contributed by atoms with van der Waals surface area (Å²) in [5.74, 6) is -1.32. The molecule has 128 valence electrons. The van der Waals surface area contributed by atoms with Gasteiger partial charge in [0, 0.05) is 5.56 Å². The maximum Gasteiger partial charge on any atom is 0.333 e. The molecule has 0 spiro atoms. The number of carbonyl (C=O) groups excluding carboxylic acids is 3. The van der Waals surface area contributed by atoms with Crippen LogP contribution in [0.2, 0.25) is 0 Å². The first-order valence-corrected chi connectivity index (χ1v) is 7.94. The van der Waals surface area contributed by atoms with Crippen molar-refractivity contribution >= 4 is 17.8 Å². The zero-order valence-electron chi connectivity index (χ0n) is 13.6. The van der Waals surface area contributed by atoms with E-state index in [0.29, 0.717) is 11.3 Å². The molecule has 1 fully saturated rings. The third kappa shape index (κ3) is 3.24. The Morgan fingerprint density at radius 1 is 1.00 bits per heavy atom. The molecule has 6 heteroatoms. The third-order valence-corrected chi connectivity index (χ3v) is 3.82. The number of nitrogens with zero attached hydrogens (tertiary/aromatic N) is 1. The van der Waals surface area contributed by atoms with Gasteiger partial charge < -0.3 is 9.47 Å². The van der Waals surface area contributed by atoms with Crippen molar-refractivity contribution in [1.82, 2.24) is 4.90 Å². The molecule has 3 rings (SSSR count). The summed E-state index contributed by atoms with van der Waals surface area (Å²) >= 11 is 0. The Bertz CT molecular complexity index is 775. The van der Waals surface area contributed by atoms with Gasteiger partial charge in [-0.1, -0.05) is 36.4 Å². The lowest BCUT2D eigenvalue weighted by Crippen LogP contribution is -2.71. The van der Waals surface area contributed by atoms with Gasteiger partial charge in [-0.3, -0.25) is 14.5 Å². The van der Waals surface area contributed by atoms with Gasteiger partial charge in [-0.15, -0.1) is 0 Å². The highest BCUT2D eigenvalue weighted by Gasteiger charge is 2.57. The summed E-state index contributed by atoms with van der Waals surface area (Å²) in [5.41, 5.74) is 0.323. The summed E-state index contributed by atoms with van der Waals surface area (Å²) in [6.07, 6.45) is -1.07. The van der Waals surface area contributed by atoms with Crippen molar-refractivity contribution in [3.05, 3.63) is 66.2 Å². The van der Waals surface area contributed by atoms with E-state index in [0.717, 1.165) is 4.90 Å². The van der Waals surface area contributed by atoms with Crippen molar-refractivity contribution in [3.63, 3.8) is 0 Å². The largest absolute Gasteiger partial charge is 0.478 e. The number of esters is 1. The Morgan fingerprint density at radius 3 is 2.20 bits per heavy atom. The standard InChI is InChI=1S/C19H17NO5/c1-2-24-19(23)15-16(25-14-11-7-4-8-12-14)18(22)20(15)17(21)13-9-5-3-6-10-13/h3-12,15-16H,2H2,1H3/t15-,16-/m1/s1. The fourth-order valence-electron chi connectivity index (χ4n) is 2.63. The zero-order chi connectivity index (χ0) is 17.8. The lowest BCUT2D eigenvalue weighted by molar-refractivity contribution is -0.174. The molecular weight excluding hydrogens is 322 g/mol. The smallest absolute Gasteiger partial charge is 0.333 e. The van der Waals surface area contributed by atoms with Crippen molar-refractivity contribution in [1.29, 1.82) is 0 Å². The molecule has 1 heterocycles. The second-order valence-corrected chi connectivity index (χ2v) is 5.43. The van der Waals surface area contributed by atoms with Crippen LogP contribution in [0.15, 0.2) is 60.7 Å². The number of hydrogen-bond donors (Lipinski definition) is 0. The van der Waals surface area contributed by atoms with Crippen LogP contribution in [0.4, 0.5) is 0 Å². The van der Waals surface area contributed by atoms with Gasteiger partial charge in [-0.05, 0) is 31.2 Å². The highest BCUT2D eigenvalue weighted by atomic mass is 16.5. The van der Waals surface area contributed by atoms with Gasteiger partial charge in [0.2, 0.25) is 6.10 Å². The van der Waals surface area contributed by atoms with Crippen molar-refractivity contribution in [2.45, 2.75) is 19.1 Å². The van der Waals surface area contributed by atoms with Crippen LogP contribution in [0.5, 0.6) is 5.75 Å². The van der Waals surface area contributed by atoms with Crippen LogP contribution in [0, 0.1) is 0 Å². The van der Waals surface area contributed by atoms with Gasteiger partial charge in [0.15, 0.2) is 6.04 Å². The first kappa shape index (κ1) is 16.7. The second-order valence-electron chi connectivity index (χ2n) is 5.43. The Kier molecular flexibility index (Phi) is 4.79. The van der Waals surface area contributed by atoms with E-state index in [1.54, 1.807) is 61.5 Å². The molecule has 2 aromatic carbocycles. The molecule has 0 unspecified atom stereocenters. The van der Waals surface area contributed by atoms with Gasteiger partial charge in [0.1, 0.15) is 5.75 Å². The first-order chi connectivity index (χ1) is 12.1. The summed E-state index contributed by atoms with van der Waals surface area (Å²) in [5, 5.41) is 0. The van der Waals surface area contributed by atoms with E-state index < -0.39 is 29.9 Å². The summed E-state index contributed by atoms with van der Waals surface area (Å²) in [4.78, 5) is 38.2. The molecule has 1 aliphatic heterocycles. The molecule has 2 atom stereocenters. The second kappa shape index (κ2) is 7.17. The number of imide groups is 1. The Morgan fingerprint density at radius 2 is 1.60 bits per heavy atom. The predicted octanol–water partition coefficient (Wildman–Crippen LogP) is 2.05. The molecule has 0 N–H and O–H groups in total. The SMILES string of the molecule is CCOC(=O)[C@H]1[C@@H](Oc2ccccc2)C(=O)N1C(=O)c1ccccc1. The lowest BCUT2D eigenvalue weighted by atomic mass is 9.96. The molecule has 1 aliphatic rings. The van der Waals surface area contributed by atoms with Crippen LogP contribution in [-0.4, -0.2) is 41.4 Å². The highest BCUT2D eigenvalue weighted by Crippen LogP contribution is 2.28. The number of ether oxygens (including phenoxy) is 2. The predicted molar refractivity (Wildman–Crippen MR) is 88.9 cm³/mol. The van der Waals surface area contributed by atoms with E-state index in [1.165, 1.54) is 0 Å². The van der Waals surface area contributed by atoms with E-state index in [1.807, 2.05) is 6.07 Å². The van der Waals surface area contributed by atoms with Gasteiger partial charge >= 0.3 is 5.97 Å². The number of amides is 2. The van der Waals surface area contributed by atoms with Crippen molar-refractivity contribution in [2.75, 3.05) is 6.61 Å². The van der Waals surface area contributed by atoms with Crippen LogP contribution in [-0.2, 0) is 14.3 Å². The molecule has 1 saturated heterocycles. The van der Waals surface area contributed by atoms with Gasteiger partial charge in [0.25, 0.3) is 11.8 Å². The van der Waals surface area contributed by atoms with E-state index in [4.69, 9.17) is 9.47 Å². The Labute approximate surface area is 145 Å². The number of likely N-dealkylation sites (tertiary alicyclic amines) is 1. The molecule has 25 heavy (non-hydrogen) atoms. The summed E-state index contributed by atoms with van der Waals surface area (Å²) in [6, 6.07) is 15.9. The molecule has 0 saturated carbocycles. The van der Waals surface area contributed by atoms with E-state index in [-0.39, 0.29) is 6.61 Å². The maximum absolute atomic E-state index is 12.6. The molecule has 2 amide bonds. The van der Waals surface area contributed by atoms with E-state index in [2.05, 4.69) is 0 Å². The fraction of sp³-hybridized carbons (Fsp3) is 0.211. The van der Waals surface area contributed by atoms with Crippen LogP contribution >= 0.6 is 0 Å². The lowest BCUT2D eigenvalue weighted by Gasteiger charge is -2.42. The monoisotopic (exact) mass is 339 g/mol. The fourth-order valence-corrected chi connectivity index (χ4v) is 2.63. The summed E-state index contributed by atoms with van der Waals surface area (Å²) in [6.45, 7) is 1.81. The minimum absolute atomic E-state index is 0.148. The van der Waals surface area contributed by atoms with Crippen LogP contribution in [0.3, 0.4) is 0 Å². The van der Waals surface area contributed by atoms with E-state index >= 15 is 0 Å². The maximum atomic E-state index is 12.6. The first-order valence-electron chi connectivity index (χ1n) is 7.94. The number of β-lactam (4-membered cyclic amide) rings is 1. The minimum Gasteiger partial charge on any atom is -0.478 e. The van der Waals surface area contributed by atoms with Crippen molar-refractivity contribution in [2.24, 2.45) is 0 Å². The van der Waals surface area contributed by atoms with Crippen LogP contribution in [0.25, 0.3) is 0 Å². The molecule has 0 radical (unpaired) electrons. The number of para-hydroxylation sites is 1. The highest BCUT2D eigenvalue weighted by molar-refractivity contribution is 6.14. The van der Waals surface area contributed by atoms with Gasteiger partial charge in [0.05, 0.1) is 6.61 Å². The molecule has 6 nitrogen and oxygen atoms in total. The Balaban J connectivity index is 1.84. The minimum atomic E-state index is -1.10. The van der Waals surface area contributed by atoms with E-state index in [9.17, 15) is 14.4 Å². The third-order valence-electron chi connectivity index (χ3n) is 3.82. The van der Waals surface area contributed by atoms with Gasteiger partial charge in [-0.25, -0.2) is 4.79 Å². The summed E-state index contributed by atoms with van der Waals surface area (Å²) in [7, 11) is 0. The van der Waals surface area contributed by atoms with Crippen molar-refractivity contribution < 1.29 is 23.9 Å².